The summed E-state index contributed by atoms with van der Waals surface area (Å²) in [6.45, 7) is 2.56. The van der Waals surface area contributed by atoms with Crippen LogP contribution in [0.25, 0.3) is 0 Å². The predicted octanol–water partition coefficient (Wildman–Crippen LogP) is 2.86. The first-order valence-corrected chi connectivity index (χ1v) is 5.51. The molecule has 1 heterocycles. The van der Waals surface area contributed by atoms with E-state index in [0.717, 1.165) is 16.9 Å². The molecule has 2 rings (SSSR count). The van der Waals surface area contributed by atoms with E-state index in [2.05, 4.69) is 21.6 Å². The lowest BCUT2D eigenvalue weighted by Gasteiger charge is -2.08. The lowest BCUT2D eigenvalue weighted by Crippen LogP contribution is -2.01. The van der Waals surface area contributed by atoms with Crippen molar-refractivity contribution in [3.05, 3.63) is 46.2 Å². The van der Waals surface area contributed by atoms with Gasteiger partial charge in [-0.15, -0.1) is 0 Å². The lowest BCUT2D eigenvalue weighted by atomic mass is 10.2. The Balaban J connectivity index is 2.18. The zero-order chi connectivity index (χ0) is 12.3. The number of aromatic amines is 1. The quantitative estimate of drug-likeness (QED) is 0.875. The zero-order valence-electron chi connectivity index (χ0n) is 9.29. The summed E-state index contributed by atoms with van der Waals surface area (Å²) < 4.78 is 0. The maximum absolute atomic E-state index is 9.02. The minimum Gasteiger partial charge on any atom is -0.380 e. The first-order chi connectivity index (χ1) is 8.22. The Hall–Kier alpha value is -1.99. The van der Waals surface area contributed by atoms with E-state index in [1.165, 1.54) is 0 Å². The Morgan fingerprint density at radius 3 is 3.00 bits per heavy atom. The fourth-order valence-electron chi connectivity index (χ4n) is 1.53. The third kappa shape index (κ3) is 2.40. The fraction of sp³-hybridized carbons (Fsp3) is 0.167. The molecule has 0 saturated heterocycles. The first kappa shape index (κ1) is 11.5. The Labute approximate surface area is 104 Å². The summed E-state index contributed by atoms with van der Waals surface area (Å²) in [6.07, 6.45) is 1.76. The van der Waals surface area contributed by atoms with Crippen LogP contribution in [0.15, 0.2) is 24.4 Å². The number of rotatable bonds is 3. The highest BCUT2D eigenvalue weighted by molar-refractivity contribution is 6.32. The molecule has 0 saturated carbocycles. The number of aryl methyl sites for hydroxylation is 1. The molecule has 0 amide bonds. The van der Waals surface area contributed by atoms with E-state index in [9.17, 15) is 0 Å². The molecule has 4 nitrogen and oxygen atoms in total. The summed E-state index contributed by atoms with van der Waals surface area (Å²) >= 11 is 5.94. The van der Waals surface area contributed by atoms with Crippen LogP contribution < -0.4 is 5.32 Å². The molecule has 17 heavy (non-hydrogen) atoms. The molecule has 0 aliphatic carbocycles. The van der Waals surface area contributed by atoms with Crippen molar-refractivity contribution in [3.8, 4) is 6.07 Å². The highest BCUT2D eigenvalue weighted by Gasteiger charge is 2.06. The molecule has 0 bridgehead atoms. The minimum atomic E-state index is 0.460. The van der Waals surface area contributed by atoms with Crippen molar-refractivity contribution in [2.45, 2.75) is 13.5 Å². The second-order valence-electron chi connectivity index (χ2n) is 3.65. The molecule has 0 fully saturated rings. The standard InChI is InChI=1S/C12H11ClN4/c1-8-9(7-16-17-8)6-15-12-4-2-3-11(13)10(12)5-14/h2-4,7,15H,6H2,1H3,(H,16,17). The average molecular weight is 247 g/mol. The second-order valence-corrected chi connectivity index (χ2v) is 4.06. The monoisotopic (exact) mass is 246 g/mol. The van der Waals surface area contributed by atoms with Gasteiger partial charge in [-0.3, -0.25) is 5.10 Å². The van der Waals surface area contributed by atoms with Crippen LogP contribution in [0, 0.1) is 18.3 Å². The normalized spacial score (nSPS) is 9.94. The van der Waals surface area contributed by atoms with Crippen molar-refractivity contribution in [1.82, 2.24) is 10.2 Å². The van der Waals surface area contributed by atoms with Crippen LogP contribution in [-0.4, -0.2) is 10.2 Å². The van der Waals surface area contributed by atoms with Crippen molar-refractivity contribution in [2.24, 2.45) is 0 Å². The number of aromatic nitrogens is 2. The van der Waals surface area contributed by atoms with Gasteiger partial charge < -0.3 is 5.32 Å². The molecular formula is C12H11ClN4. The summed E-state index contributed by atoms with van der Waals surface area (Å²) in [5, 5.41) is 19.5. The van der Waals surface area contributed by atoms with Gasteiger partial charge in [0.15, 0.2) is 0 Å². The van der Waals surface area contributed by atoms with Crippen LogP contribution in [0.5, 0.6) is 0 Å². The van der Waals surface area contributed by atoms with E-state index in [4.69, 9.17) is 16.9 Å². The van der Waals surface area contributed by atoms with Crippen LogP contribution in [0.4, 0.5) is 5.69 Å². The fourth-order valence-corrected chi connectivity index (χ4v) is 1.75. The van der Waals surface area contributed by atoms with Crippen molar-refractivity contribution < 1.29 is 0 Å². The van der Waals surface area contributed by atoms with Gasteiger partial charge in [0.25, 0.3) is 0 Å². The summed E-state index contributed by atoms with van der Waals surface area (Å²) in [5.74, 6) is 0. The van der Waals surface area contributed by atoms with Crippen molar-refractivity contribution in [2.75, 3.05) is 5.32 Å². The number of anilines is 1. The Morgan fingerprint density at radius 1 is 1.53 bits per heavy atom. The number of hydrogen-bond acceptors (Lipinski definition) is 3. The van der Waals surface area contributed by atoms with Gasteiger partial charge in [-0.2, -0.15) is 10.4 Å². The molecule has 0 radical (unpaired) electrons. The molecule has 86 valence electrons. The number of nitrogens with zero attached hydrogens (tertiary/aromatic N) is 2. The van der Waals surface area contributed by atoms with Crippen molar-refractivity contribution >= 4 is 17.3 Å². The molecule has 2 N–H and O–H groups in total. The van der Waals surface area contributed by atoms with E-state index in [0.29, 0.717) is 17.1 Å². The van der Waals surface area contributed by atoms with Crippen molar-refractivity contribution in [1.29, 1.82) is 5.26 Å². The molecular weight excluding hydrogens is 236 g/mol. The summed E-state index contributed by atoms with van der Waals surface area (Å²) in [6, 6.07) is 7.44. The molecule has 1 aromatic heterocycles. The Kier molecular flexibility index (Phi) is 3.31. The van der Waals surface area contributed by atoms with E-state index < -0.39 is 0 Å². The molecule has 0 unspecified atom stereocenters. The van der Waals surface area contributed by atoms with Gasteiger partial charge in [-0.25, -0.2) is 0 Å². The summed E-state index contributed by atoms with van der Waals surface area (Å²) in [5.41, 5.74) is 3.28. The van der Waals surface area contributed by atoms with Gasteiger partial charge in [-0.05, 0) is 19.1 Å². The van der Waals surface area contributed by atoms with Crippen molar-refractivity contribution in [3.63, 3.8) is 0 Å². The maximum atomic E-state index is 9.02. The van der Waals surface area contributed by atoms with Crippen LogP contribution in [0.2, 0.25) is 5.02 Å². The van der Waals surface area contributed by atoms with Gasteiger partial charge in [0.05, 0.1) is 22.5 Å². The first-order valence-electron chi connectivity index (χ1n) is 5.13. The van der Waals surface area contributed by atoms with E-state index >= 15 is 0 Å². The van der Waals surface area contributed by atoms with E-state index in [-0.39, 0.29) is 0 Å². The number of nitrogens with one attached hydrogen (secondary N) is 2. The largest absolute Gasteiger partial charge is 0.380 e. The topological polar surface area (TPSA) is 64.5 Å². The zero-order valence-corrected chi connectivity index (χ0v) is 10.0. The highest BCUT2D eigenvalue weighted by Crippen LogP contribution is 2.23. The number of halogens is 1. The average Bonchev–Trinajstić information content (AvgIpc) is 2.72. The second kappa shape index (κ2) is 4.89. The van der Waals surface area contributed by atoms with Crippen LogP contribution in [0.1, 0.15) is 16.8 Å². The molecule has 0 aliphatic rings. The molecule has 0 aliphatic heterocycles. The summed E-state index contributed by atoms with van der Waals surface area (Å²) in [4.78, 5) is 0. The molecule has 5 heteroatoms. The van der Waals surface area contributed by atoms with Crippen LogP contribution >= 0.6 is 11.6 Å². The van der Waals surface area contributed by atoms with Crippen LogP contribution in [-0.2, 0) is 6.54 Å². The summed E-state index contributed by atoms with van der Waals surface area (Å²) in [7, 11) is 0. The van der Waals surface area contributed by atoms with Crippen LogP contribution in [0.3, 0.4) is 0 Å². The van der Waals surface area contributed by atoms with Gasteiger partial charge in [0, 0.05) is 17.8 Å². The van der Waals surface area contributed by atoms with Gasteiger partial charge in [0.1, 0.15) is 6.07 Å². The predicted molar refractivity (Wildman–Crippen MR) is 66.8 cm³/mol. The van der Waals surface area contributed by atoms with Gasteiger partial charge >= 0.3 is 0 Å². The lowest BCUT2D eigenvalue weighted by molar-refractivity contribution is 1.04. The molecule has 2 aromatic rings. The Bertz CT molecular complexity index is 568. The SMILES string of the molecule is Cc1[nH]ncc1CNc1cccc(Cl)c1C#N. The third-order valence-electron chi connectivity index (χ3n) is 2.53. The number of hydrogen-bond donors (Lipinski definition) is 2. The number of nitriles is 1. The highest BCUT2D eigenvalue weighted by atomic mass is 35.5. The minimum absolute atomic E-state index is 0.460. The molecule has 1 aromatic carbocycles. The molecule has 0 spiro atoms. The number of H-pyrrole nitrogens is 1. The van der Waals surface area contributed by atoms with E-state index in [1.54, 1.807) is 12.3 Å². The Morgan fingerprint density at radius 2 is 2.35 bits per heavy atom. The van der Waals surface area contributed by atoms with Gasteiger partial charge in [0.2, 0.25) is 0 Å². The van der Waals surface area contributed by atoms with Gasteiger partial charge in [-0.1, -0.05) is 17.7 Å². The molecule has 0 atom stereocenters. The third-order valence-corrected chi connectivity index (χ3v) is 2.84. The number of benzene rings is 1. The van der Waals surface area contributed by atoms with E-state index in [1.807, 2.05) is 19.1 Å². The smallest absolute Gasteiger partial charge is 0.103 e. The maximum Gasteiger partial charge on any atom is 0.103 e.